The van der Waals surface area contributed by atoms with E-state index in [9.17, 15) is 8.78 Å². The number of likely N-dealkylation sites (tertiary alicyclic amines) is 1. The van der Waals surface area contributed by atoms with Crippen LogP contribution in [-0.2, 0) is 0 Å². The van der Waals surface area contributed by atoms with Gasteiger partial charge in [0.15, 0.2) is 0 Å². The van der Waals surface area contributed by atoms with Gasteiger partial charge in [0.1, 0.15) is 12.3 Å². The van der Waals surface area contributed by atoms with Gasteiger partial charge in [-0.1, -0.05) is 6.92 Å². The van der Waals surface area contributed by atoms with Crippen molar-refractivity contribution in [3.05, 3.63) is 0 Å². The highest BCUT2D eigenvalue weighted by Crippen LogP contribution is 2.27. The number of hydrogen-bond donors (Lipinski definition) is 0. The molecule has 0 aromatic heterocycles. The van der Waals surface area contributed by atoms with Crippen LogP contribution in [0.3, 0.4) is 0 Å². The first-order valence-electron chi connectivity index (χ1n) is 5.08. The summed E-state index contributed by atoms with van der Waals surface area (Å²) in [5, 5.41) is 0. The second-order valence-electron chi connectivity index (χ2n) is 4.15. The third-order valence-corrected chi connectivity index (χ3v) is 2.95. The van der Waals surface area contributed by atoms with Crippen LogP contribution in [0.4, 0.5) is 8.78 Å². The molecule has 13 heavy (non-hydrogen) atoms. The van der Waals surface area contributed by atoms with Gasteiger partial charge < -0.3 is 0 Å². The number of halogens is 2. The molecule has 1 rings (SSSR count). The number of nitrogens with zero attached hydrogens (tertiary/aromatic N) is 1. The van der Waals surface area contributed by atoms with E-state index in [0.717, 1.165) is 0 Å². The van der Waals surface area contributed by atoms with Gasteiger partial charge in [0, 0.05) is 25.0 Å². The quantitative estimate of drug-likeness (QED) is 0.648. The topological polar surface area (TPSA) is 3.24 Å². The fourth-order valence-corrected chi connectivity index (χ4v) is 1.95. The Hall–Kier alpha value is -0.180. The van der Waals surface area contributed by atoms with Gasteiger partial charge in [0.25, 0.3) is 0 Å². The number of piperidine rings is 1. The van der Waals surface area contributed by atoms with Gasteiger partial charge >= 0.3 is 0 Å². The van der Waals surface area contributed by atoms with Gasteiger partial charge in [-0.05, 0) is 20.3 Å². The maximum Gasteiger partial charge on any atom is 0.118 e. The van der Waals surface area contributed by atoms with Gasteiger partial charge in [-0.15, -0.1) is 0 Å². The Morgan fingerprint density at radius 1 is 1.23 bits per heavy atom. The van der Waals surface area contributed by atoms with E-state index in [0.29, 0.717) is 19.5 Å². The first kappa shape index (κ1) is 10.9. The summed E-state index contributed by atoms with van der Waals surface area (Å²) >= 11 is 0. The molecule has 3 heteroatoms. The molecule has 0 N–H and O–H groups in total. The molecule has 1 nitrogen and oxygen atoms in total. The zero-order chi connectivity index (χ0) is 10.0. The predicted octanol–water partition coefficient (Wildman–Crippen LogP) is 2.41. The van der Waals surface area contributed by atoms with Gasteiger partial charge in [-0.3, -0.25) is 4.90 Å². The maximum absolute atomic E-state index is 13.4. The summed E-state index contributed by atoms with van der Waals surface area (Å²) in [5.41, 5.74) is 0. The molecule has 0 amide bonds. The van der Waals surface area contributed by atoms with Gasteiger partial charge in [0.05, 0.1) is 0 Å². The number of rotatable bonds is 2. The highest BCUT2D eigenvalue weighted by Gasteiger charge is 2.36. The van der Waals surface area contributed by atoms with E-state index in [1.807, 2.05) is 25.7 Å². The van der Waals surface area contributed by atoms with Gasteiger partial charge in [-0.2, -0.15) is 0 Å². The van der Waals surface area contributed by atoms with Crippen LogP contribution in [-0.4, -0.2) is 36.4 Å². The predicted molar refractivity (Wildman–Crippen MR) is 50.3 cm³/mol. The second-order valence-corrected chi connectivity index (χ2v) is 4.15. The first-order chi connectivity index (χ1) is 6.06. The van der Waals surface area contributed by atoms with Crippen molar-refractivity contribution in [2.75, 3.05) is 13.1 Å². The highest BCUT2D eigenvalue weighted by molar-refractivity contribution is 4.87. The third kappa shape index (κ3) is 2.39. The lowest BCUT2D eigenvalue weighted by atomic mass is 9.90. The van der Waals surface area contributed by atoms with Crippen LogP contribution < -0.4 is 0 Å². The standard InChI is InChI=1S/C10H19F2N/c1-4-8-9(11)5-13(7(2)3)6-10(8)12/h7-10H,4-6H2,1-3H3. The normalized spacial score (nSPS) is 36.9. The zero-order valence-electron chi connectivity index (χ0n) is 8.63. The van der Waals surface area contributed by atoms with Crippen LogP contribution in [0.25, 0.3) is 0 Å². The molecule has 2 unspecified atom stereocenters. The maximum atomic E-state index is 13.4. The van der Waals surface area contributed by atoms with Crippen molar-refractivity contribution < 1.29 is 8.78 Å². The van der Waals surface area contributed by atoms with Crippen molar-refractivity contribution in [1.82, 2.24) is 4.90 Å². The molecule has 1 fully saturated rings. The smallest absolute Gasteiger partial charge is 0.118 e. The molecule has 0 saturated carbocycles. The van der Waals surface area contributed by atoms with E-state index in [4.69, 9.17) is 0 Å². The fraction of sp³-hybridized carbons (Fsp3) is 1.00. The van der Waals surface area contributed by atoms with Crippen LogP contribution in [0.15, 0.2) is 0 Å². The van der Waals surface area contributed by atoms with Crippen LogP contribution in [0.2, 0.25) is 0 Å². The Bertz CT molecular complexity index is 149. The molecule has 1 aliphatic rings. The molecule has 0 aromatic rings. The summed E-state index contributed by atoms with van der Waals surface area (Å²) in [6.07, 6.45) is -1.37. The van der Waals surface area contributed by atoms with E-state index in [1.54, 1.807) is 0 Å². The van der Waals surface area contributed by atoms with E-state index in [-0.39, 0.29) is 12.0 Å². The fourth-order valence-electron chi connectivity index (χ4n) is 1.95. The molecule has 1 saturated heterocycles. The number of hydrogen-bond acceptors (Lipinski definition) is 1. The summed E-state index contributed by atoms with van der Waals surface area (Å²) < 4.78 is 26.9. The van der Waals surface area contributed by atoms with E-state index in [1.165, 1.54) is 0 Å². The van der Waals surface area contributed by atoms with Crippen molar-refractivity contribution in [3.63, 3.8) is 0 Å². The second kappa shape index (κ2) is 4.36. The Labute approximate surface area is 79.1 Å². The molecule has 1 heterocycles. The summed E-state index contributed by atoms with van der Waals surface area (Å²) in [7, 11) is 0. The minimum Gasteiger partial charge on any atom is -0.295 e. The van der Waals surface area contributed by atoms with E-state index < -0.39 is 12.3 Å². The van der Waals surface area contributed by atoms with Crippen molar-refractivity contribution >= 4 is 0 Å². The van der Waals surface area contributed by atoms with Crippen molar-refractivity contribution in [2.45, 2.75) is 45.6 Å². The first-order valence-corrected chi connectivity index (χ1v) is 5.08. The molecule has 2 atom stereocenters. The SMILES string of the molecule is CCC1C(F)CN(C(C)C)CC1F. The lowest BCUT2D eigenvalue weighted by Crippen LogP contribution is -2.51. The van der Waals surface area contributed by atoms with Crippen molar-refractivity contribution in [1.29, 1.82) is 0 Å². The van der Waals surface area contributed by atoms with Crippen LogP contribution in [0, 0.1) is 5.92 Å². The average molecular weight is 191 g/mol. The molecular formula is C10H19F2N. The molecule has 0 aromatic carbocycles. The Morgan fingerprint density at radius 2 is 1.69 bits per heavy atom. The largest absolute Gasteiger partial charge is 0.295 e. The number of alkyl halides is 2. The highest BCUT2D eigenvalue weighted by atomic mass is 19.1. The molecule has 0 radical (unpaired) electrons. The minimum atomic E-state index is -0.990. The Kier molecular flexibility index (Phi) is 3.65. The van der Waals surface area contributed by atoms with E-state index in [2.05, 4.69) is 0 Å². The molecule has 0 bridgehead atoms. The van der Waals surface area contributed by atoms with Crippen LogP contribution in [0.1, 0.15) is 27.2 Å². The molecule has 78 valence electrons. The van der Waals surface area contributed by atoms with E-state index >= 15 is 0 Å². The summed E-state index contributed by atoms with van der Waals surface area (Å²) in [4.78, 5) is 1.88. The zero-order valence-corrected chi connectivity index (χ0v) is 8.63. The lowest BCUT2D eigenvalue weighted by Gasteiger charge is -2.38. The van der Waals surface area contributed by atoms with Crippen molar-refractivity contribution in [2.24, 2.45) is 5.92 Å². The van der Waals surface area contributed by atoms with Crippen LogP contribution in [0.5, 0.6) is 0 Å². The Balaban J connectivity index is 2.56. The van der Waals surface area contributed by atoms with Crippen molar-refractivity contribution in [3.8, 4) is 0 Å². The minimum absolute atomic E-state index is 0.245. The van der Waals surface area contributed by atoms with Gasteiger partial charge in [-0.25, -0.2) is 8.78 Å². The summed E-state index contributed by atoms with van der Waals surface area (Å²) in [6.45, 7) is 6.61. The third-order valence-electron chi connectivity index (χ3n) is 2.95. The average Bonchev–Trinajstić information content (AvgIpc) is 2.03. The molecular weight excluding hydrogens is 172 g/mol. The Morgan fingerprint density at radius 3 is 2.00 bits per heavy atom. The monoisotopic (exact) mass is 191 g/mol. The molecule has 1 aliphatic heterocycles. The lowest BCUT2D eigenvalue weighted by molar-refractivity contribution is 0.00134. The molecule has 0 spiro atoms. The summed E-state index contributed by atoms with van der Waals surface area (Å²) in [6, 6.07) is 0.245. The summed E-state index contributed by atoms with van der Waals surface area (Å²) in [5.74, 6) is -0.380. The van der Waals surface area contributed by atoms with Crippen LogP contribution >= 0.6 is 0 Å². The molecule has 0 aliphatic carbocycles. The van der Waals surface area contributed by atoms with Gasteiger partial charge in [0.2, 0.25) is 0 Å².